The Morgan fingerprint density at radius 1 is 1.33 bits per heavy atom. The van der Waals surface area contributed by atoms with Gasteiger partial charge in [-0.15, -0.1) is 0 Å². The first-order valence-corrected chi connectivity index (χ1v) is 7.09. The highest BCUT2D eigenvalue weighted by Crippen LogP contribution is 2.26. The zero-order valence-corrected chi connectivity index (χ0v) is 11.6. The van der Waals surface area contributed by atoms with Crippen LogP contribution in [0.15, 0.2) is 24.3 Å². The molecular weight excluding hydrogens is 272 g/mol. The van der Waals surface area contributed by atoms with Crippen molar-refractivity contribution in [3.05, 3.63) is 29.8 Å². The lowest BCUT2D eigenvalue weighted by molar-refractivity contribution is -0.160. The molecule has 6 nitrogen and oxygen atoms in total. The molecule has 2 aliphatic heterocycles. The number of morpholine rings is 1. The Bertz CT molecular complexity index is 560. The molecule has 0 bridgehead atoms. The number of nitrogens with zero attached hydrogens (tertiary/aromatic N) is 1. The molecule has 1 aromatic rings. The number of fused-ring (bicyclic) bond motifs is 1. The van der Waals surface area contributed by atoms with Crippen LogP contribution >= 0.6 is 0 Å². The van der Waals surface area contributed by atoms with Gasteiger partial charge in [-0.2, -0.15) is 0 Å². The minimum Gasteiger partial charge on any atom is -0.480 e. The van der Waals surface area contributed by atoms with Crippen molar-refractivity contribution in [1.82, 2.24) is 4.90 Å². The van der Waals surface area contributed by atoms with E-state index >= 15 is 0 Å². The number of aliphatic carboxylic acids is 1. The summed E-state index contributed by atoms with van der Waals surface area (Å²) in [5.74, 6) is -1.33. The molecule has 2 unspecified atom stereocenters. The predicted octanol–water partition coefficient (Wildman–Crippen LogP) is 0.583. The monoisotopic (exact) mass is 290 g/mol. The molecule has 21 heavy (non-hydrogen) atoms. The van der Waals surface area contributed by atoms with Crippen LogP contribution in [0, 0.1) is 5.92 Å². The van der Waals surface area contributed by atoms with Crippen molar-refractivity contribution in [2.75, 3.05) is 31.6 Å². The number of hydrogen-bond acceptors (Lipinski definition) is 4. The van der Waals surface area contributed by atoms with Gasteiger partial charge in [0.15, 0.2) is 6.04 Å². The number of benzene rings is 1. The number of carboxylic acids is 1. The first-order valence-electron chi connectivity index (χ1n) is 7.09. The van der Waals surface area contributed by atoms with E-state index in [-0.39, 0.29) is 18.4 Å². The quantitative estimate of drug-likeness (QED) is 0.833. The van der Waals surface area contributed by atoms with Crippen molar-refractivity contribution in [3.63, 3.8) is 0 Å². The Balaban J connectivity index is 1.75. The highest BCUT2D eigenvalue weighted by atomic mass is 16.5. The average molecular weight is 290 g/mol. The number of carbonyl (C=O) groups excluding carboxylic acids is 1. The van der Waals surface area contributed by atoms with Crippen molar-refractivity contribution in [2.24, 2.45) is 5.92 Å². The molecule has 2 N–H and O–H groups in total. The van der Waals surface area contributed by atoms with Crippen molar-refractivity contribution < 1.29 is 19.4 Å². The van der Waals surface area contributed by atoms with E-state index in [9.17, 15) is 14.7 Å². The third-order valence-corrected chi connectivity index (χ3v) is 4.07. The number of ether oxygens (including phenoxy) is 1. The molecule has 1 saturated heterocycles. The highest BCUT2D eigenvalue weighted by Gasteiger charge is 2.37. The molecule has 3 rings (SSSR count). The summed E-state index contributed by atoms with van der Waals surface area (Å²) in [5, 5.41) is 12.5. The summed E-state index contributed by atoms with van der Waals surface area (Å²) in [6.07, 6.45) is 0.645. The fourth-order valence-corrected chi connectivity index (χ4v) is 2.92. The zero-order valence-electron chi connectivity index (χ0n) is 11.6. The minimum atomic E-state index is -1.01. The minimum absolute atomic E-state index is 0.0673. The van der Waals surface area contributed by atoms with Gasteiger partial charge in [-0.3, -0.25) is 4.79 Å². The van der Waals surface area contributed by atoms with Gasteiger partial charge in [-0.1, -0.05) is 18.2 Å². The van der Waals surface area contributed by atoms with Crippen molar-refractivity contribution in [2.45, 2.75) is 12.5 Å². The standard InChI is InChI=1S/C15H18N2O4/c18-14(17-5-6-21-9-13(17)15(19)20)11-7-10-3-1-2-4-12(10)16-8-11/h1-4,11,13,16H,5-9H2,(H,19,20). The number of anilines is 1. The largest absolute Gasteiger partial charge is 0.480 e. The number of para-hydroxylation sites is 1. The van der Waals surface area contributed by atoms with Gasteiger partial charge in [0, 0.05) is 18.8 Å². The van der Waals surface area contributed by atoms with Gasteiger partial charge in [0.2, 0.25) is 5.91 Å². The van der Waals surface area contributed by atoms with E-state index < -0.39 is 12.0 Å². The summed E-state index contributed by atoms with van der Waals surface area (Å²) < 4.78 is 5.18. The summed E-state index contributed by atoms with van der Waals surface area (Å²) >= 11 is 0. The molecule has 1 aromatic carbocycles. The lowest BCUT2D eigenvalue weighted by atomic mass is 9.92. The summed E-state index contributed by atoms with van der Waals surface area (Å²) in [5.41, 5.74) is 2.15. The molecule has 0 spiro atoms. The van der Waals surface area contributed by atoms with E-state index in [1.165, 1.54) is 4.90 Å². The summed E-state index contributed by atoms with van der Waals surface area (Å²) in [6, 6.07) is 7.02. The van der Waals surface area contributed by atoms with Gasteiger partial charge < -0.3 is 20.1 Å². The van der Waals surface area contributed by atoms with E-state index in [0.29, 0.717) is 26.1 Å². The van der Waals surface area contributed by atoms with Crippen LogP contribution in [0.25, 0.3) is 0 Å². The Morgan fingerprint density at radius 3 is 2.95 bits per heavy atom. The smallest absolute Gasteiger partial charge is 0.328 e. The zero-order chi connectivity index (χ0) is 14.8. The van der Waals surface area contributed by atoms with Crippen LogP contribution in [0.1, 0.15) is 5.56 Å². The molecule has 0 saturated carbocycles. The lowest BCUT2D eigenvalue weighted by Gasteiger charge is -2.36. The molecule has 1 fully saturated rings. The van der Waals surface area contributed by atoms with Gasteiger partial charge in [0.25, 0.3) is 0 Å². The maximum atomic E-state index is 12.6. The number of nitrogens with one attached hydrogen (secondary N) is 1. The first-order chi connectivity index (χ1) is 10.2. The van der Waals surface area contributed by atoms with Crippen LogP contribution in [0.4, 0.5) is 5.69 Å². The van der Waals surface area contributed by atoms with Crippen LogP contribution in [-0.2, 0) is 20.7 Å². The van der Waals surface area contributed by atoms with Gasteiger partial charge in [0.1, 0.15) is 0 Å². The third kappa shape index (κ3) is 2.71. The molecule has 2 heterocycles. The van der Waals surface area contributed by atoms with Crippen molar-refractivity contribution in [1.29, 1.82) is 0 Å². The van der Waals surface area contributed by atoms with Gasteiger partial charge in [0.05, 0.1) is 19.1 Å². The number of carbonyl (C=O) groups is 2. The molecule has 2 aliphatic rings. The third-order valence-electron chi connectivity index (χ3n) is 4.07. The fourth-order valence-electron chi connectivity index (χ4n) is 2.92. The van der Waals surface area contributed by atoms with E-state index in [4.69, 9.17) is 4.74 Å². The number of amides is 1. The van der Waals surface area contributed by atoms with E-state index in [1.807, 2.05) is 24.3 Å². The number of hydrogen-bond donors (Lipinski definition) is 2. The van der Waals surface area contributed by atoms with Crippen molar-refractivity contribution in [3.8, 4) is 0 Å². The maximum absolute atomic E-state index is 12.6. The Morgan fingerprint density at radius 2 is 2.14 bits per heavy atom. The topological polar surface area (TPSA) is 78.9 Å². The normalized spacial score (nSPS) is 24.9. The second kappa shape index (κ2) is 5.73. The van der Waals surface area contributed by atoms with Crippen LogP contribution in [0.3, 0.4) is 0 Å². The summed E-state index contributed by atoms with van der Waals surface area (Å²) in [6.45, 7) is 1.34. The Hall–Kier alpha value is -2.08. The van der Waals surface area contributed by atoms with E-state index in [0.717, 1.165) is 11.3 Å². The van der Waals surface area contributed by atoms with E-state index in [1.54, 1.807) is 0 Å². The van der Waals surface area contributed by atoms with Crippen LogP contribution in [0.2, 0.25) is 0 Å². The summed E-state index contributed by atoms with van der Waals surface area (Å²) in [4.78, 5) is 25.4. The molecule has 112 valence electrons. The number of carboxylic acid groups (broad SMARTS) is 1. The number of rotatable bonds is 2. The van der Waals surface area contributed by atoms with E-state index in [2.05, 4.69) is 5.32 Å². The predicted molar refractivity (Wildman–Crippen MR) is 76.1 cm³/mol. The molecule has 0 aromatic heterocycles. The van der Waals surface area contributed by atoms with Gasteiger partial charge >= 0.3 is 5.97 Å². The molecule has 2 atom stereocenters. The fraction of sp³-hybridized carbons (Fsp3) is 0.467. The molecule has 0 aliphatic carbocycles. The highest BCUT2D eigenvalue weighted by molar-refractivity contribution is 5.86. The SMILES string of the molecule is O=C(O)C1COCCN1C(=O)C1CNc2ccccc2C1. The maximum Gasteiger partial charge on any atom is 0.328 e. The van der Waals surface area contributed by atoms with Gasteiger partial charge in [-0.05, 0) is 18.1 Å². The van der Waals surface area contributed by atoms with Gasteiger partial charge in [-0.25, -0.2) is 4.79 Å². The Kier molecular flexibility index (Phi) is 3.79. The average Bonchev–Trinajstić information content (AvgIpc) is 2.53. The Labute approximate surface area is 122 Å². The second-order valence-electron chi connectivity index (χ2n) is 5.40. The van der Waals surface area contributed by atoms with Crippen molar-refractivity contribution >= 4 is 17.6 Å². The molecule has 0 radical (unpaired) electrons. The van der Waals surface area contributed by atoms with Crippen LogP contribution in [-0.4, -0.2) is 54.2 Å². The molecule has 6 heteroatoms. The second-order valence-corrected chi connectivity index (χ2v) is 5.40. The first kappa shape index (κ1) is 13.9. The lowest BCUT2D eigenvalue weighted by Crippen LogP contribution is -2.55. The molecular formula is C15H18N2O4. The summed E-state index contributed by atoms with van der Waals surface area (Å²) in [7, 11) is 0. The van der Waals surface area contributed by atoms with Crippen LogP contribution < -0.4 is 5.32 Å². The van der Waals surface area contributed by atoms with Crippen LogP contribution in [0.5, 0.6) is 0 Å². The molecule has 1 amide bonds.